The molecule has 0 fully saturated rings. The number of furan rings is 1. The van der Waals surface area contributed by atoms with Crippen molar-refractivity contribution in [3.8, 4) is 11.3 Å². The van der Waals surface area contributed by atoms with Crippen LogP contribution in [0.5, 0.6) is 0 Å². The third kappa shape index (κ3) is 2.83. The molecular weight excluding hydrogens is 265 g/mol. The molecule has 108 valence electrons. The van der Waals surface area contributed by atoms with Gasteiger partial charge >= 0.3 is 0 Å². The van der Waals surface area contributed by atoms with E-state index in [-0.39, 0.29) is 5.82 Å². The van der Waals surface area contributed by atoms with E-state index in [1.807, 2.05) is 31.3 Å². The average Bonchev–Trinajstić information content (AvgIpc) is 2.93. The smallest absolute Gasteiger partial charge is 0.170 e. The molecule has 0 spiro atoms. The molecule has 3 aromatic rings. The van der Waals surface area contributed by atoms with Crippen LogP contribution in [0.2, 0.25) is 0 Å². The highest BCUT2D eigenvalue weighted by Crippen LogP contribution is 2.29. The molecule has 2 nitrogen and oxygen atoms in total. The summed E-state index contributed by atoms with van der Waals surface area (Å²) in [5, 5.41) is 4.01. The first kappa shape index (κ1) is 13.8. The Morgan fingerprint density at radius 2 is 1.90 bits per heavy atom. The molecule has 1 unspecified atom stereocenters. The van der Waals surface area contributed by atoms with Gasteiger partial charge in [0.2, 0.25) is 0 Å². The number of rotatable bonds is 4. The quantitative estimate of drug-likeness (QED) is 0.768. The van der Waals surface area contributed by atoms with E-state index in [1.165, 1.54) is 11.6 Å². The van der Waals surface area contributed by atoms with Crippen molar-refractivity contribution in [3.63, 3.8) is 0 Å². The molecule has 0 bridgehead atoms. The first-order chi connectivity index (χ1) is 10.2. The third-order valence-corrected chi connectivity index (χ3v) is 3.77. The van der Waals surface area contributed by atoms with Gasteiger partial charge in [0.1, 0.15) is 5.76 Å². The normalized spacial score (nSPS) is 12.7. The number of para-hydroxylation sites is 1. The number of benzene rings is 2. The Morgan fingerprint density at radius 3 is 2.57 bits per heavy atom. The second kappa shape index (κ2) is 5.70. The van der Waals surface area contributed by atoms with Crippen LogP contribution in [0.15, 0.2) is 52.9 Å². The van der Waals surface area contributed by atoms with Crippen LogP contribution in [-0.4, -0.2) is 13.1 Å². The van der Waals surface area contributed by atoms with Gasteiger partial charge in [0, 0.05) is 17.0 Å². The molecule has 0 aliphatic heterocycles. The molecule has 2 aromatic carbocycles. The highest BCUT2D eigenvalue weighted by molar-refractivity contribution is 5.83. The second-order valence-electron chi connectivity index (χ2n) is 5.36. The summed E-state index contributed by atoms with van der Waals surface area (Å²) in [4.78, 5) is 0. The van der Waals surface area contributed by atoms with E-state index in [0.717, 1.165) is 17.4 Å². The number of hydrogen-bond donors (Lipinski definition) is 1. The highest BCUT2D eigenvalue weighted by atomic mass is 19.1. The number of nitrogens with one attached hydrogen (secondary N) is 1. The van der Waals surface area contributed by atoms with Crippen LogP contribution in [0.3, 0.4) is 0 Å². The van der Waals surface area contributed by atoms with E-state index in [2.05, 4.69) is 24.4 Å². The van der Waals surface area contributed by atoms with Gasteiger partial charge in [-0.3, -0.25) is 0 Å². The minimum absolute atomic E-state index is 0.320. The largest absolute Gasteiger partial charge is 0.453 e. The molecule has 1 heterocycles. The number of hydrogen-bond acceptors (Lipinski definition) is 2. The molecule has 0 radical (unpaired) electrons. The molecule has 0 saturated heterocycles. The van der Waals surface area contributed by atoms with Gasteiger partial charge in [-0.05, 0) is 38.1 Å². The standard InChI is InChI=1S/C18H18FNO/c1-12(20-2)10-13-6-8-14(9-7-13)17-11-15-4-3-5-16(19)18(15)21-17/h3-9,11-12,20H,10H2,1-2H3. The van der Waals surface area contributed by atoms with E-state index >= 15 is 0 Å². The van der Waals surface area contributed by atoms with Gasteiger partial charge in [-0.2, -0.15) is 0 Å². The molecule has 0 aliphatic carbocycles. The lowest BCUT2D eigenvalue weighted by molar-refractivity contribution is 0.568. The monoisotopic (exact) mass is 283 g/mol. The van der Waals surface area contributed by atoms with Crippen molar-refractivity contribution in [1.82, 2.24) is 5.32 Å². The Balaban J connectivity index is 1.90. The Morgan fingerprint density at radius 1 is 1.14 bits per heavy atom. The Kier molecular flexibility index (Phi) is 3.76. The van der Waals surface area contributed by atoms with Crippen molar-refractivity contribution in [3.05, 3.63) is 59.9 Å². The molecule has 1 N–H and O–H groups in total. The second-order valence-corrected chi connectivity index (χ2v) is 5.36. The van der Waals surface area contributed by atoms with Crippen molar-refractivity contribution >= 4 is 11.0 Å². The number of likely N-dealkylation sites (N-methyl/N-ethyl adjacent to an activating group) is 1. The van der Waals surface area contributed by atoms with Gasteiger partial charge in [-0.15, -0.1) is 0 Å². The molecule has 0 amide bonds. The fourth-order valence-corrected chi connectivity index (χ4v) is 2.43. The minimum atomic E-state index is -0.321. The number of fused-ring (bicyclic) bond motifs is 1. The van der Waals surface area contributed by atoms with E-state index in [1.54, 1.807) is 6.07 Å². The lowest BCUT2D eigenvalue weighted by Gasteiger charge is -2.09. The average molecular weight is 283 g/mol. The van der Waals surface area contributed by atoms with Crippen LogP contribution < -0.4 is 5.32 Å². The zero-order chi connectivity index (χ0) is 14.8. The van der Waals surface area contributed by atoms with Crippen LogP contribution in [0.25, 0.3) is 22.3 Å². The van der Waals surface area contributed by atoms with E-state index in [4.69, 9.17) is 4.42 Å². The van der Waals surface area contributed by atoms with Crippen LogP contribution in [0.4, 0.5) is 4.39 Å². The lowest BCUT2D eigenvalue weighted by atomic mass is 10.0. The van der Waals surface area contributed by atoms with Crippen molar-refractivity contribution in [1.29, 1.82) is 0 Å². The van der Waals surface area contributed by atoms with E-state index < -0.39 is 0 Å². The maximum atomic E-state index is 13.7. The highest BCUT2D eigenvalue weighted by Gasteiger charge is 2.09. The molecule has 3 heteroatoms. The Hall–Kier alpha value is -2.13. The fourth-order valence-electron chi connectivity index (χ4n) is 2.43. The predicted octanol–water partition coefficient (Wildman–Crippen LogP) is 4.39. The Labute approximate surface area is 123 Å². The van der Waals surface area contributed by atoms with Gasteiger partial charge in [0.05, 0.1) is 0 Å². The van der Waals surface area contributed by atoms with Crippen LogP contribution in [-0.2, 0) is 6.42 Å². The predicted molar refractivity (Wildman–Crippen MR) is 83.8 cm³/mol. The summed E-state index contributed by atoms with van der Waals surface area (Å²) < 4.78 is 19.3. The van der Waals surface area contributed by atoms with Gasteiger partial charge in [0.15, 0.2) is 11.4 Å². The molecule has 0 aliphatic rings. The molecule has 21 heavy (non-hydrogen) atoms. The van der Waals surface area contributed by atoms with Crippen molar-refractivity contribution < 1.29 is 8.81 Å². The molecular formula is C18H18FNO. The SMILES string of the molecule is CNC(C)Cc1ccc(-c2cc3cccc(F)c3o2)cc1. The molecule has 3 rings (SSSR count). The number of halogens is 1. The Bertz CT molecular complexity index is 746. The van der Waals surface area contributed by atoms with Gasteiger partial charge in [0.25, 0.3) is 0 Å². The van der Waals surface area contributed by atoms with Crippen LogP contribution in [0.1, 0.15) is 12.5 Å². The van der Waals surface area contributed by atoms with E-state index in [0.29, 0.717) is 17.4 Å². The summed E-state index contributed by atoms with van der Waals surface area (Å²) in [5.74, 6) is 0.376. The first-order valence-corrected chi connectivity index (χ1v) is 7.12. The van der Waals surface area contributed by atoms with Crippen molar-refractivity contribution in [2.45, 2.75) is 19.4 Å². The van der Waals surface area contributed by atoms with Gasteiger partial charge < -0.3 is 9.73 Å². The zero-order valence-electron chi connectivity index (χ0n) is 12.2. The maximum Gasteiger partial charge on any atom is 0.170 e. The fraction of sp³-hybridized carbons (Fsp3) is 0.222. The summed E-state index contributed by atoms with van der Waals surface area (Å²) in [6, 6.07) is 15.5. The third-order valence-electron chi connectivity index (χ3n) is 3.77. The molecule has 0 saturated carbocycles. The zero-order valence-corrected chi connectivity index (χ0v) is 12.2. The van der Waals surface area contributed by atoms with Gasteiger partial charge in [-0.25, -0.2) is 4.39 Å². The first-order valence-electron chi connectivity index (χ1n) is 7.12. The lowest BCUT2D eigenvalue weighted by Crippen LogP contribution is -2.23. The summed E-state index contributed by atoms with van der Waals surface area (Å²) in [5.41, 5.74) is 2.55. The summed E-state index contributed by atoms with van der Waals surface area (Å²) in [7, 11) is 1.96. The molecule has 1 aromatic heterocycles. The summed E-state index contributed by atoms with van der Waals surface area (Å²) in [6.07, 6.45) is 0.978. The van der Waals surface area contributed by atoms with Crippen LogP contribution in [0, 0.1) is 5.82 Å². The minimum Gasteiger partial charge on any atom is -0.453 e. The molecule has 1 atom stereocenters. The van der Waals surface area contributed by atoms with Crippen molar-refractivity contribution in [2.75, 3.05) is 7.05 Å². The topological polar surface area (TPSA) is 25.2 Å². The van der Waals surface area contributed by atoms with Crippen LogP contribution >= 0.6 is 0 Å². The summed E-state index contributed by atoms with van der Waals surface area (Å²) >= 11 is 0. The summed E-state index contributed by atoms with van der Waals surface area (Å²) in [6.45, 7) is 2.15. The van der Waals surface area contributed by atoms with Crippen molar-refractivity contribution in [2.24, 2.45) is 0 Å². The maximum absolute atomic E-state index is 13.7. The van der Waals surface area contributed by atoms with E-state index in [9.17, 15) is 4.39 Å². The van der Waals surface area contributed by atoms with Gasteiger partial charge in [-0.1, -0.05) is 36.4 Å².